The van der Waals surface area contributed by atoms with Crippen LogP contribution in [0.25, 0.3) is 0 Å². The van der Waals surface area contributed by atoms with Crippen LogP contribution in [0, 0.1) is 11.7 Å². The molecule has 0 aromatic heterocycles. The van der Waals surface area contributed by atoms with Crippen molar-refractivity contribution in [2.24, 2.45) is 5.92 Å². The predicted molar refractivity (Wildman–Crippen MR) is 75.7 cm³/mol. The van der Waals surface area contributed by atoms with Crippen LogP contribution in [-0.2, 0) is 0 Å². The standard InChI is InChI=1S/C16H22ClF/c17-12-15(14-7-4-8-16(18)11-14)10-9-13-5-2-1-3-6-13/h4,7-8,11,13,15H,1-3,5-6,9-10,12H2. The van der Waals surface area contributed by atoms with Gasteiger partial charge in [-0.1, -0.05) is 44.2 Å². The van der Waals surface area contributed by atoms with E-state index >= 15 is 0 Å². The highest BCUT2D eigenvalue weighted by Crippen LogP contribution is 2.31. The average Bonchev–Trinajstić information content (AvgIpc) is 2.41. The van der Waals surface area contributed by atoms with E-state index in [1.54, 1.807) is 12.1 Å². The first kappa shape index (κ1) is 13.9. The third-order valence-corrected chi connectivity index (χ3v) is 4.53. The van der Waals surface area contributed by atoms with Gasteiger partial charge in [-0.3, -0.25) is 0 Å². The molecule has 0 bridgehead atoms. The lowest BCUT2D eigenvalue weighted by Crippen LogP contribution is -2.09. The van der Waals surface area contributed by atoms with E-state index in [9.17, 15) is 4.39 Å². The maximum Gasteiger partial charge on any atom is 0.123 e. The Morgan fingerprint density at radius 2 is 2.00 bits per heavy atom. The van der Waals surface area contributed by atoms with Gasteiger partial charge in [-0.2, -0.15) is 0 Å². The largest absolute Gasteiger partial charge is 0.207 e. The van der Waals surface area contributed by atoms with Gasteiger partial charge in [0.2, 0.25) is 0 Å². The Morgan fingerprint density at radius 3 is 2.67 bits per heavy atom. The number of halogens is 2. The van der Waals surface area contributed by atoms with Crippen molar-refractivity contribution in [3.8, 4) is 0 Å². The van der Waals surface area contributed by atoms with Crippen LogP contribution < -0.4 is 0 Å². The van der Waals surface area contributed by atoms with Crippen molar-refractivity contribution in [2.75, 3.05) is 5.88 Å². The molecule has 18 heavy (non-hydrogen) atoms. The summed E-state index contributed by atoms with van der Waals surface area (Å²) < 4.78 is 13.2. The quantitative estimate of drug-likeness (QED) is 0.618. The van der Waals surface area contributed by atoms with Crippen LogP contribution in [0.2, 0.25) is 0 Å². The first-order valence-corrected chi connectivity index (χ1v) is 7.64. The lowest BCUT2D eigenvalue weighted by atomic mass is 9.83. The zero-order chi connectivity index (χ0) is 12.8. The first-order chi connectivity index (χ1) is 8.79. The van der Waals surface area contributed by atoms with Gasteiger partial charge in [-0.05, 0) is 42.4 Å². The summed E-state index contributed by atoms with van der Waals surface area (Å²) >= 11 is 6.05. The highest BCUT2D eigenvalue weighted by molar-refractivity contribution is 6.18. The molecule has 0 nitrogen and oxygen atoms in total. The average molecular weight is 269 g/mol. The van der Waals surface area contributed by atoms with E-state index < -0.39 is 0 Å². The van der Waals surface area contributed by atoms with E-state index in [2.05, 4.69) is 0 Å². The second kappa shape index (κ2) is 7.13. The van der Waals surface area contributed by atoms with Crippen LogP contribution >= 0.6 is 11.6 Å². The molecule has 0 spiro atoms. The Bertz CT molecular complexity index is 358. The van der Waals surface area contributed by atoms with Crippen molar-refractivity contribution in [1.29, 1.82) is 0 Å². The van der Waals surface area contributed by atoms with E-state index in [0.717, 1.165) is 17.9 Å². The predicted octanol–water partition coefficient (Wildman–Crippen LogP) is 5.51. The summed E-state index contributed by atoms with van der Waals surface area (Å²) in [6, 6.07) is 6.91. The normalized spacial score (nSPS) is 18.8. The van der Waals surface area contributed by atoms with Crippen LogP contribution in [-0.4, -0.2) is 5.88 Å². The maximum atomic E-state index is 13.2. The molecular weight excluding hydrogens is 247 g/mol. The van der Waals surface area contributed by atoms with E-state index in [1.807, 2.05) is 6.07 Å². The number of rotatable bonds is 5. The number of benzene rings is 1. The molecule has 1 aromatic rings. The highest BCUT2D eigenvalue weighted by Gasteiger charge is 2.17. The molecule has 1 saturated carbocycles. The topological polar surface area (TPSA) is 0 Å². The van der Waals surface area contributed by atoms with Crippen molar-refractivity contribution in [2.45, 2.75) is 50.9 Å². The second-order valence-corrected chi connectivity index (χ2v) is 5.80. The molecule has 1 aliphatic carbocycles. The monoisotopic (exact) mass is 268 g/mol. The van der Waals surface area contributed by atoms with E-state index in [4.69, 9.17) is 11.6 Å². The summed E-state index contributed by atoms with van der Waals surface area (Å²) in [6.07, 6.45) is 9.26. The molecule has 0 heterocycles. The number of alkyl halides is 1. The summed E-state index contributed by atoms with van der Waals surface area (Å²) in [5.74, 6) is 1.62. The molecule has 1 aromatic carbocycles. The molecule has 1 atom stereocenters. The number of hydrogen-bond donors (Lipinski definition) is 0. The Balaban J connectivity index is 1.88. The molecular formula is C16H22ClF. The minimum absolute atomic E-state index is 0.153. The summed E-state index contributed by atoms with van der Waals surface area (Å²) in [5.41, 5.74) is 1.06. The van der Waals surface area contributed by atoms with Gasteiger partial charge in [0, 0.05) is 5.88 Å². The van der Waals surface area contributed by atoms with Gasteiger partial charge < -0.3 is 0 Å². The molecule has 2 heteroatoms. The van der Waals surface area contributed by atoms with Gasteiger partial charge in [-0.25, -0.2) is 4.39 Å². The summed E-state index contributed by atoms with van der Waals surface area (Å²) in [6.45, 7) is 0. The molecule has 2 rings (SSSR count). The molecule has 1 fully saturated rings. The summed E-state index contributed by atoms with van der Waals surface area (Å²) in [4.78, 5) is 0. The third kappa shape index (κ3) is 3.98. The molecule has 0 radical (unpaired) electrons. The van der Waals surface area contributed by atoms with Gasteiger partial charge in [0.25, 0.3) is 0 Å². The Kier molecular flexibility index (Phi) is 5.49. The van der Waals surface area contributed by atoms with E-state index in [-0.39, 0.29) is 5.82 Å². The SMILES string of the molecule is Fc1cccc(C(CCl)CCC2CCCCC2)c1. The van der Waals surface area contributed by atoms with Crippen LogP contribution in [0.15, 0.2) is 24.3 Å². The second-order valence-electron chi connectivity index (χ2n) is 5.49. The summed E-state index contributed by atoms with van der Waals surface area (Å²) in [5, 5.41) is 0. The molecule has 1 unspecified atom stereocenters. The van der Waals surface area contributed by atoms with Gasteiger partial charge in [0.1, 0.15) is 5.82 Å². The van der Waals surface area contributed by atoms with E-state index in [0.29, 0.717) is 11.8 Å². The molecule has 1 aliphatic rings. The van der Waals surface area contributed by atoms with Crippen LogP contribution in [0.4, 0.5) is 4.39 Å². The van der Waals surface area contributed by atoms with Crippen molar-refractivity contribution >= 4 is 11.6 Å². The maximum absolute atomic E-state index is 13.2. The van der Waals surface area contributed by atoms with Crippen molar-refractivity contribution < 1.29 is 4.39 Å². The fraction of sp³-hybridized carbons (Fsp3) is 0.625. The molecule has 100 valence electrons. The zero-order valence-corrected chi connectivity index (χ0v) is 11.6. The van der Waals surface area contributed by atoms with Crippen LogP contribution in [0.3, 0.4) is 0 Å². The van der Waals surface area contributed by atoms with Crippen molar-refractivity contribution in [3.63, 3.8) is 0 Å². The lowest BCUT2D eigenvalue weighted by molar-refractivity contribution is 0.326. The summed E-state index contributed by atoms with van der Waals surface area (Å²) in [7, 11) is 0. The fourth-order valence-electron chi connectivity index (χ4n) is 3.01. The fourth-order valence-corrected chi connectivity index (χ4v) is 3.34. The first-order valence-electron chi connectivity index (χ1n) is 7.11. The smallest absolute Gasteiger partial charge is 0.123 e. The molecule has 0 amide bonds. The van der Waals surface area contributed by atoms with Gasteiger partial charge in [0.15, 0.2) is 0 Å². The Hall–Kier alpha value is -0.560. The minimum atomic E-state index is -0.153. The highest BCUT2D eigenvalue weighted by atomic mass is 35.5. The van der Waals surface area contributed by atoms with Gasteiger partial charge >= 0.3 is 0 Å². The zero-order valence-electron chi connectivity index (χ0n) is 10.9. The van der Waals surface area contributed by atoms with Gasteiger partial charge in [-0.15, -0.1) is 11.6 Å². The molecule has 0 aliphatic heterocycles. The number of hydrogen-bond acceptors (Lipinski definition) is 0. The lowest BCUT2D eigenvalue weighted by Gasteiger charge is -2.23. The van der Waals surface area contributed by atoms with Crippen LogP contribution in [0.1, 0.15) is 56.4 Å². The Labute approximate surface area is 115 Å². The van der Waals surface area contributed by atoms with Crippen LogP contribution in [0.5, 0.6) is 0 Å². The van der Waals surface area contributed by atoms with Crippen molar-refractivity contribution in [3.05, 3.63) is 35.6 Å². The Morgan fingerprint density at radius 1 is 1.22 bits per heavy atom. The molecule has 0 N–H and O–H groups in total. The van der Waals surface area contributed by atoms with Crippen molar-refractivity contribution in [1.82, 2.24) is 0 Å². The minimum Gasteiger partial charge on any atom is -0.207 e. The van der Waals surface area contributed by atoms with E-state index in [1.165, 1.54) is 44.6 Å². The van der Waals surface area contributed by atoms with Gasteiger partial charge in [0.05, 0.1) is 0 Å². The molecule has 0 saturated heterocycles. The third-order valence-electron chi connectivity index (χ3n) is 4.15.